The molecule has 0 aliphatic rings. The van der Waals surface area contributed by atoms with Gasteiger partial charge in [-0.3, -0.25) is 0 Å². The highest BCUT2D eigenvalue weighted by Crippen LogP contribution is 2.24. The summed E-state index contributed by atoms with van der Waals surface area (Å²) in [4.78, 5) is 18.8. The largest absolute Gasteiger partial charge is 0.497 e. The number of nitrogens with one attached hydrogen (secondary N) is 1. The number of nitrogens with zero attached hydrogens (tertiary/aromatic N) is 4. The van der Waals surface area contributed by atoms with E-state index in [4.69, 9.17) is 10.5 Å². The van der Waals surface area contributed by atoms with Crippen LogP contribution in [-0.2, 0) is 6.54 Å². The van der Waals surface area contributed by atoms with Gasteiger partial charge in [-0.1, -0.05) is 6.07 Å². The van der Waals surface area contributed by atoms with Crippen molar-refractivity contribution in [2.75, 3.05) is 18.2 Å². The average Bonchev–Trinajstić information content (AvgIpc) is 3.19. The lowest BCUT2D eigenvalue weighted by Crippen LogP contribution is -2.06. The van der Waals surface area contributed by atoms with E-state index in [1.165, 1.54) is 4.88 Å². The first-order valence-corrected chi connectivity index (χ1v) is 8.82. The maximum absolute atomic E-state index is 5.86. The van der Waals surface area contributed by atoms with Crippen molar-refractivity contribution < 1.29 is 4.74 Å². The Hall–Kier alpha value is -3.26. The molecule has 0 unspecified atom stereocenters. The molecule has 0 saturated carbocycles. The molecule has 26 heavy (non-hydrogen) atoms. The van der Waals surface area contributed by atoms with Gasteiger partial charge in [0.2, 0.25) is 5.95 Å². The SMILES string of the molecule is COc1ccc(-c2cnc3c(NCc4cccs4)nc(N)nc3n2)cc1. The Morgan fingerprint density at radius 3 is 2.69 bits per heavy atom. The number of aromatic nitrogens is 4. The summed E-state index contributed by atoms with van der Waals surface area (Å²) >= 11 is 1.67. The lowest BCUT2D eigenvalue weighted by molar-refractivity contribution is 0.415. The quantitative estimate of drug-likeness (QED) is 0.560. The van der Waals surface area contributed by atoms with Gasteiger partial charge in [0.25, 0.3) is 0 Å². The summed E-state index contributed by atoms with van der Waals surface area (Å²) in [5.41, 5.74) is 8.54. The number of fused-ring (bicyclic) bond motifs is 1. The van der Waals surface area contributed by atoms with Crippen molar-refractivity contribution in [3.63, 3.8) is 0 Å². The van der Waals surface area contributed by atoms with Crippen LogP contribution in [0.25, 0.3) is 22.4 Å². The van der Waals surface area contributed by atoms with Crippen molar-refractivity contribution in [1.29, 1.82) is 0 Å². The fourth-order valence-electron chi connectivity index (χ4n) is 2.53. The van der Waals surface area contributed by atoms with E-state index in [9.17, 15) is 0 Å². The van der Waals surface area contributed by atoms with E-state index in [1.807, 2.05) is 35.7 Å². The second-order valence-electron chi connectivity index (χ2n) is 5.52. The number of nitrogens with two attached hydrogens (primary N) is 1. The summed E-state index contributed by atoms with van der Waals surface area (Å²) < 4.78 is 5.18. The number of benzene rings is 1. The average molecular weight is 364 g/mol. The Morgan fingerprint density at radius 1 is 1.12 bits per heavy atom. The molecule has 0 bridgehead atoms. The number of anilines is 2. The van der Waals surface area contributed by atoms with Crippen molar-refractivity contribution in [3.05, 3.63) is 52.9 Å². The number of rotatable bonds is 5. The van der Waals surface area contributed by atoms with E-state index < -0.39 is 0 Å². The van der Waals surface area contributed by atoms with Crippen LogP contribution >= 0.6 is 11.3 Å². The topological polar surface area (TPSA) is 98.8 Å². The summed E-state index contributed by atoms with van der Waals surface area (Å²) in [6.07, 6.45) is 1.71. The van der Waals surface area contributed by atoms with Gasteiger partial charge in [0.05, 0.1) is 25.5 Å². The van der Waals surface area contributed by atoms with Crippen LogP contribution in [0.5, 0.6) is 5.75 Å². The Balaban J connectivity index is 1.69. The highest BCUT2D eigenvalue weighted by atomic mass is 32.1. The zero-order chi connectivity index (χ0) is 17.9. The molecule has 3 N–H and O–H groups in total. The van der Waals surface area contributed by atoms with Crippen LogP contribution in [0, 0.1) is 0 Å². The first kappa shape index (κ1) is 16.2. The molecule has 0 amide bonds. The summed E-state index contributed by atoms with van der Waals surface area (Å²) in [6.45, 7) is 0.644. The number of nitrogen functional groups attached to an aromatic ring is 1. The fourth-order valence-corrected chi connectivity index (χ4v) is 3.18. The smallest absolute Gasteiger partial charge is 0.224 e. The molecule has 0 atom stereocenters. The first-order valence-electron chi connectivity index (χ1n) is 7.94. The van der Waals surface area contributed by atoms with E-state index in [2.05, 4.69) is 31.3 Å². The van der Waals surface area contributed by atoms with E-state index in [0.29, 0.717) is 29.2 Å². The Morgan fingerprint density at radius 2 is 1.96 bits per heavy atom. The van der Waals surface area contributed by atoms with Crippen molar-refractivity contribution in [2.24, 2.45) is 0 Å². The molecule has 0 aliphatic carbocycles. The highest BCUT2D eigenvalue weighted by Gasteiger charge is 2.11. The van der Waals surface area contributed by atoms with Gasteiger partial charge in [-0.25, -0.2) is 9.97 Å². The molecule has 4 rings (SSSR count). The molecule has 0 aliphatic heterocycles. The van der Waals surface area contributed by atoms with Crippen molar-refractivity contribution in [2.45, 2.75) is 6.54 Å². The minimum Gasteiger partial charge on any atom is -0.497 e. The molecule has 1 aromatic carbocycles. The lowest BCUT2D eigenvalue weighted by atomic mass is 10.1. The molecule has 0 spiro atoms. The summed E-state index contributed by atoms with van der Waals surface area (Å²) in [6, 6.07) is 11.7. The van der Waals surface area contributed by atoms with Crippen molar-refractivity contribution in [1.82, 2.24) is 19.9 Å². The molecule has 3 aromatic heterocycles. The standard InChI is InChI=1S/C18H16N6OS/c1-25-12-6-4-11(5-7-12)14-10-20-15-16(21-9-13-3-2-8-26-13)23-18(19)24-17(15)22-14/h2-8,10H,9H2,1H3,(H3,19,21,22,23,24). The number of methoxy groups -OCH3 is 1. The van der Waals surface area contributed by atoms with Crippen molar-refractivity contribution >= 4 is 34.3 Å². The highest BCUT2D eigenvalue weighted by molar-refractivity contribution is 7.09. The molecule has 130 valence electrons. The van der Waals surface area contributed by atoms with E-state index >= 15 is 0 Å². The van der Waals surface area contributed by atoms with Gasteiger partial charge in [-0.05, 0) is 35.7 Å². The maximum Gasteiger partial charge on any atom is 0.224 e. The zero-order valence-electron chi connectivity index (χ0n) is 14.0. The summed E-state index contributed by atoms with van der Waals surface area (Å²) in [5, 5.41) is 5.30. The molecule has 4 aromatic rings. The van der Waals surface area contributed by atoms with Crippen LogP contribution in [-0.4, -0.2) is 27.0 Å². The van der Waals surface area contributed by atoms with Gasteiger partial charge < -0.3 is 15.8 Å². The number of hydrogen-bond donors (Lipinski definition) is 2. The second kappa shape index (κ2) is 6.93. The Bertz CT molecular complexity index is 1030. The molecule has 0 radical (unpaired) electrons. The Labute approximate surface area is 153 Å². The van der Waals surface area contributed by atoms with E-state index in [-0.39, 0.29) is 5.95 Å². The minimum atomic E-state index is 0.160. The third-order valence-electron chi connectivity index (χ3n) is 3.82. The van der Waals surface area contributed by atoms with Gasteiger partial charge in [-0.2, -0.15) is 9.97 Å². The molecule has 8 heteroatoms. The third-order valence-corrected chi connectivity index (χ3v) is 4.70. The van der Waals surface area contributed by atoms with Gasteiger partial charge in [0.15, 0.2) is 17.0 Å². The maximum atomic E-state index is 5.86. The lowest BCUT2D eigenvalue weighted by Gasteiger charge is -2.09. The minimum absolute atomic E-state index is 0.160. The van der Waals surface area contributed by atoms with Crippen LogP contribution in [0.15, 0.2) is 48.0 Å². The predicted octanol–water partition coefficient (Wildman–Crippen LogP) is 3.35. The van der Waals surface area contributed by atoms with Crippen LogP contribution in [0.3, 0.4) is 0 Å². The number of ether oxygens (including phenoxy) is 1. The van der Waals surface area contributed by atoms with Crippen LogP contribution in [0.1, 0.15) is 4.88 Å². The zero-order valence-corrected chi connectivity index (χ0v) is 14.8. The van der Waals surface area contributed by atoms with E-state index in [0.717, 1.165) is 11.3 Å². The first-order chi connectivity index (χ1) is 12.7. The Kier molecular flexibility index (Phi) is 4.32. The van der Waals surface area contributed by atoms with Gasteiger partial charge in [-0.15, -0.1) is 11.3 Å². The second-order valence-corrected chi connectivity index (χ2v) is 6.55. The van der Waals surface area contributed by atoms with Gasteiger partial charge in [0, 0.05) is 10.4 Å². The number of hydrogen-bond acceptors (Lipinski definition) is 8. The van der Waals surface area contributed by atoms with Gasteiger partial charge >= 0.3 is 0 Å². The predicted molar refractivity (Wildman–Crippen MR) is 103 cm³/mol. The summed E-state index contributed by atoms with van der Waals surface area (Å²) in [7, 11) is 1.63. The summed E-state index contributed by atoms with van der Waals surface area (Å²) in [5.74, 6) is 1.52. The molecule has 0 saturated heterocycles. The molecular formula is C18H16N6OS. The molecule has 0 fully saturated rings. The van der Waals surface area contributed by atoms with Crippen molar-refractivity contribution in [3.8, 4) is 17.0 Å². The van der Waals surface area contributed by atoms with E-state index in [1.54, 1.807) is 24.6 Å². The van der Waals surface area contributed by atoms with Crippen LogP contribution in [0.2, 0.25) is 0 Å². The molecule has 3 heterocycles. The monoisotopic (exact) mass is 364 g/mol. The van der Waals surface area contributed by atoms with Crippen LogP contribution in [0.4, 0.5) is 11.8 Å². The van der Waals surface area contributed by atoms with Gasteiger partial charge in [0.1, 0.15) is 5.75 Å². The fraction of sp³-hybridized carbons (Fsp3) is 0.111. The molecular weight excluding hydrogens is 348 g/mol. The number of thiophene rings is 1. The normalized spacial score (nSPS) is 10.8. The molecule has 7 nitrogen and oxygen atoms in total. The van der Waals surface area contributed by atoms with Crippen LogP contribution < -0.4 is 15.8 Å². The third kappa shape index (κ3) is 3.27.